The van der Waals surface area contributed by atoms with Gasteiger partial charge in [-0.1, -0.05) is 0 Å². The van der Waals surface area contributed by atoms with Crippen LogP contribution in [-0.2, 0) is 6.54 Å². The Morgan fingerprint density at radius 3 is 2.62 bits per heavy atom. The summed E-state index contributed by atoms with van der Waals surface area (Å²) < 4.78 is 0. The van der Waals surface area contributed by atoms with Gasteiger partial charge in [0.05, 0.1) is 10.7 Å². The Balaban J connectivity index is 1.28. The summed E-state index contributed by atoms with van der Waals surface area (Å²) in [5, 5.41) is 4.41. The molecule has 146 valence electrons. The zero-order chi connectivity index (χ0) is 19.6. The van der Waals surface area contributed by atoms with Crippen molar-refractivity contribution < 1.29 is 0 Å². The van der Waals surface area contributed by atoms with E-state index in [1.54, 1.807) is 11.3 Å². The van der Waals surface area contributed by atoms with E-state index in [4.69, 9.17) is 4.98 Å². The number of hydrogen-bond donors (Lipinski definition) is 0. The van der Waals surface area contributed by atoms with Crippen LogP contribution < -0.4 is 0 Å². The van der Waals surface area contributed by atoms with Crippen LogP contribution >= 0.6 is 11.3 Å². The van der Waals surface area contributed by atoms with Crippen LogP contribution in [0.5, 0.6) is 0 Å². The number of likely N-dealkylation sites (tertiary alicyclic amines) is 1. The molecule has 0 unspecified atom stereocenters. The first-order chi connectivity index (χ1) is 14.2. The quantitative estimate of drug-likeness (QED) is 0.490. The van der Waals surface area contributed by atoms with Crippen molar-refractivity contribution in [2.75, 3.05) is 13.1 Å². The standard InChI is InChI=1S/C23H23N5S/c1-16-26-21(15-29-16)14-28-10-6-18(7-11-28)22-3-2-19-12-20(13-25-23(19)27-22)17-4-8-24-9-5-17/h2-5,8-9,12-13,15,18H,6-7,10-11,14H2,1H3. The molecule has 0 spiro atoms. The molecule has 0 atom stereocenters. The van der Waals surface area contributed by atoms with Crippen LogP contribution in [0.4, 0.5) is 0 Å². The van der Waals surface area contributed by atoms with Crippen LogP contribution in [-0.4, -0.2) is 37.9 Å². The van der Waals surface area contributed by atoms with Gasteiger partial charge in [0.15, 0.2) is 5.65 Å². The summed E-state index contributed by atoms with van der Waals surface area (Å²) in [7, 11) is 0. The Hall–Kier alpha value is -2.70. The van der Waals surface area contributed by atoms with Crippen LogP contribution in [0.1, 0.15) is 35.2 Å². The zero-order valence-electron chi connectivity index (χ0n) is 16.5. The lowest BCUT2D eigenvalue weighted by Crippen LogP contribution is -2.32. The molecular formula is C23H23N5S. The van der Waals surface area contributed by atoms with Gasteiger partial charge in [-0.25, -0.2) is 15.0 Å². The third-order valence-electron chi connectivity index (χ3n) is 5.64. The highest BCUT2D eigenvalue weighted by Crippen LogP contribution is 2.29. The van der Waals surface area contributed by atoms with Crippen molar-refractivity contribution >= 4 is 22.4 Å². The van der Waals surface area contributed by atoms with Crippen molar-refractivity contribution in [1.29, 1.82) is 0 Å². The number of thiazole rings is 1. The van der Waals surface area contributed by atoms with Gasteiger partial charge in [-0.3, -0.25) is 9.88 Å². The first-order valence-electron chi connectivity index (χ1n) is 10.0. The van der Waals surface area contributed by atoms with Gasteiger partial charge in [0.1, 0.15) is 0 Å². The highest BCUT2D eigenvalue weighted by molar-refractivity contribution is 7.09. The van der Waals surface area contributed by atoms with Crippen molar-refractivity contribution in [3.05, 3.63) is 70.7 Å². The Morgan fingerprint density at radius 1 is 1.03 bits per heavy atom. The minimum absolute atomic E-state index is 0.509. The number of aryl methyl sites for hydroxylation is 1. The molecule has 4 aromatic heterocycles. The van der Waals surface area contributed by atoms with E-state index in [-0.39, 0.29) is 0 Å². The summed E-state index contributed by atoms with van der Waals surface area (Å²) in [4.78, 5) is 20.7. The Bertz CT molecular complexity index is 1120. The Kier molecular flexibility index (Phi) is 5.04. The van der Waals surface area contributed by atoms with Gasteiger partial charge in [0.25, 0.3) is 0 Å². The summed E-state index contributed by atoms with van der Waals surface area (Å²) in [5.41, 5.74) is 5.43. The normalized spacial score (nSPS) is 15.8. The lowest BCUT2D eigenvalue weighted by molar-refractivity contribution is 0.201. The first kappa shape index (κ1) is 18.3. The van der Waals surface area contributed by atoms with Gasteiger partial charge in [-0.2, -0.15) is 0 Å². The van der Waals surface area contributed by atoms with E-state index in [2.05, 4.69) is 50.4 Å². The average molecular weight is 402 g/mol. The molecule has 1 fully saturated rings. The largest absolute Gasteiger partial charge is 0.297 e. The third-order valence-corrected chi connectivity index (χ3v) is 6.46. The minimum Gasteiger partial charge on any atom is -0.297 e. The maximum absolute atomic E-state index is 4.89. The molecule has 4 aromatic rings. The van der Waals surface area contributed by atoms with Crippen molar-refractivity contribution in [1.82, 2.24) is 24.8 Å². The van der Waals surface area contributed by atoms with Gasteiger partial charge in [0, 0.05) is 53.1 Å². The topological polar surface area (TPSA) is 54.8 Å². The molecule has 1 aliphatic heterocycles. The van der Waals surface area contributed by atoms with Crippen molar-refractivity contribution in [2.45, 2.75) is 32.2 Å². The predicted octanol–water partition coefficient (Wildman–Crippen LogP) is 4.84. The van der Waals surface area contributed by atoms with E-state index in [1.165, 1.54) is 11.4 Å². The fourth-order valence-electron chi connectivity index (χ4n) is 4.05. The monoisotopic (exact) mass is 401 g/mol. The van der Waals surface area contributed by atoms with E-state index in [0.29, 0.717) is 5.92 Å². The summed E-state index contributed by atoms with van der Waals surface area (Å²) in [6.07, 6.45) is 7.80. The number of hydrogen-bond acceptors (Lipinski definition) is 6. The third kappa shape index (κ3) is 4.04. The number of pyridine rings is 3. The van der Waals surface area contributed by atoms with Crippen molar-refractivity contribution in [3.63, 3.8) is 0 Å². The smallest absolute Gasteiger partial charge is 0.159 e. The predicted molar refractivity (Wildman–Crippen MR) is 117 cm³/mol. The second kappa shape index (κ2) is 7.97. The number of nitrogens with zero attached hydrogens (tertiary/aromatic N) is 5. The van der Waals surface area contributed by atoms with Gasteiger partial charge in [-0.15, -0.1) is 11.3 Å². The molecule has 1 aliphatic rings. The Morgan fingerprint density at radius 2 is 1.86 bits per heavy atom. The first-order valence-corrected chi connectivity index (χ1v) is 10.9. The fraction of sp³-hybridized carbons (Fsp3) is 0.304. The molecule has 0 aliphatic carbocycles. The van der Waals surface area contributed by atoms with Gasteiger partial charge < -0.3 is 0 Å². The Labute approximate surface area is 174 Å². The molecule has 0 N–H and O–H groups in total. The van der Waals surface area contributed by atoms with Gasteiger partial charge in [-0.05, 0) is 68.8 Å². The second-order valence-electron chi connectivity index (χ2n) is 7.65. The van der Waals surface area contributed by atoms with Gasteiger partial charge in [0.2, 0.25) is 0 Å². The van der Waals surface area contributed by atoms with Crippen LogP contribution in [0.25, 0.3) is 22.2 Å². The van der Waals surface area contributed by atoms with Gasteiger partial charge >= 0.3 is 0 Å². The van der Waals surface area contributed by atoms with Crippen LogP contribution in [0.2, 0.25) is 0 Å². The molecular weight excluding hydrogens is 378 g/mol. The number of fused-ring (bicyclic) bond motifs is 1. The highest BCUT2D eigenvalue weighted by atomic mass is 32.1. The lowest BCUT2D eigenvalue weighted by Gasteiger charge is -2.31. The summed E-state index contributed by atoms with van der Waals surface area (Å²) in [6.45, 7) is 5.21. The molecule has 1 saturated heterocycles. The number of aromatic nitrogens is 4. The highest BCUT2D eigenvalue weighted by Gasteiger charge is 2.22. The molecule has 5 rings (SSSR count). The minimum atomic E-state index is 0.509. The summed E-state index contributed by atoms with van der Waals surface area (Å²) in [6, 6.07) is 10.5. The lowest BCUT2D eigenvalue weighted by atomic mass is 9.92. The molecule has 0 saturated carbocycles. The molecule has 5 nitrogen and oxygen atoms in total. The van der Waals surface area contributed by atoms with Crippen molar-refractivity contribution in [3.8, 4) is 11.1 Å². The van der Waals surface area contributed by atoms with E-state index in [9.17, 15) is 0 Å². The van der Waals surface area contributed by atoms with E-state index < -0.39 is 0 Å². The second-order valence-corrected chi connectivity index (χ2v) is 8.71. The summed E-state index contributed by atoms with van der Waals surface area (Å²) in [5.74, 6) is 0.509. The summed E-state index contributed by atoms with van der Waals surface area (Å²) >= 11 is 1.73. The molecule has 0 amide bonds. The number of rotatable bonds is 4. The molecule has 0 bridgehead atoms. The molecule has 0 aromatic carbocycles. The van der Waals surface area contributed by atoms with Crippen molar-refractivity contribution in [2.24, 2.45) is 0 Å². The molecule has 5 heterocycles. The maximum atomic E-state index is 4.89. The van der Waals surface area contributed by atoms with E-state index in [1.807, 2.05) is 30.7 Å². The van der Waals surface area contributed by atoms with Crippen LogP contribution in [0.3, 0.4) is 0 Å². The molecule has 6 heteroatoms. The zero-order valence-corrected chi connectivity index (χ0v) is 17.3. The SMILES string of the molecule is Cc1nc(CN2CCC(c3ccc4cc(-c5ccncc5)cnc4n3)CC2)cs1. The fourth-order valence-corrected chi connectivity index (χ4v) is 4.66. The number of piperidine rings is 1. The van der Waals surface area contributed by atoms with E-state index >= 15 is 0 Å². The van der Waals surface area contributed by atoms with E-state index in [0.717, 1.165) is 59.6 Å². The molecule has 0 radical (unpaired) electrons. The molecule has 29 heavy (non-hydrogen) atoms. The van der Waals surface area contributed by atoms with Crippen LogP contribution in [0.15, 0.2) is 54.3 Å². The van der Waals surface area contributed by atoms with Crippen LogP contribution in [0, 0.1) is 6.92 Å². The average Bonchev–Trinajstić information content (AvgIpc) is 3.18. The maximum Gasteiger partial charge on any atom is 0.159 e.